The maximum Gasteiger partial charge on any atom is 0.257 e. The molecule has 1 aromatic heterocycles. The summed E-state index contributed by atoms with van der Waals surface area (Å²) in [6.45, 7) is 6.40. The molecule has 0 fully saturated rings. The van der Waals surface area contributed by atoms with Crippen LogP contribution < -0.4 is 4.74 Å². The van der Waals surface area contributed by atoms with Gasteiger partial charge in [-0.2, -0.15) is 0 Å². The summed E-state index contributed by atoms with van der Waals surface area (Å²) in [5.74, 6) is 1.09. The van der Waals surface area contributed by atoms with Crippen molar-refractivity contribution in [2.75, 3.05) is 0 Å². The van der Waals surface area contributed by atoms with Gasteiger partial charge in [-0.15, -0.1) is 0 Å². The molecule has 0 radical (unpaired) electrons. The Hall–Kier alpha value is -1.61. The predicted molar refractivity (Wildman–Crippen MR) is 72.3 cm³/mol. The zero-order chi connectivity index (χ0) is 13.2. The largest absolute Gasteiger partial charge is 0.436 e. The molecule has 0 spiro atoms. The van der Waals surface area contributed by atoms with Gasteiger partial charge in [0.15, 0.2) is 5.15 Å². The number of aromatic nitrogens is 2. The Morgan fingerprint density at radius 3 is 2.39 bits per heavy atom. The molecule has 0 amide bonds. The quantitative estimate of drug-likeness (QED) is 0.813. The van der Waals surface area contributed by atoms with Gasteiger partial charge in [-0.05, 0) is 11.5 Å². The second kappa shape index (κ2) is 4.94. The van der Waals surface area contributed by atoms with Gasteiger partial charge in [0.1, 0.15) is 5.75 Å². The smallest absolute Gasteiger partial charge is 0.257 e. The molecule has 0 atom stereocenters. The fourth-order valence-electron chi connectivity index (χ4n) is 1.66. The molecule has 4 heteroatoms. The Bertz CT molecular complexity index is 549. The minimum Gasteiger partial charge on any atom is -0.436 e. The molecule has 0 N–H and O–H groups in total. The van der Waals surface area contributed by atoms with Crippen molar-refractivity contribution in [3.05, 3.63) is 47.4 Å². The van der Waals surface area contributed by atoms with Crippen LogP contribution in [0.5, 0.6) is 11.6 Å². The molecular formula is C14H15ClN2O. The number of rotatable bonds is 2. The fraction of sp³-hybridized carbons (Fsp3) is 0.286. The van der Waals surface area contributed by atoms with Gasteiger partial charge in [0.05, 0.1) is 0 Å². The maximum absolute atomic E-state index is 5.94. The van der Waals surface area contributed by atoms with Gasteiger partial charge in [0, 0.05) is 18.0 Å². The van der Waals surface area contributed by atoms with Crippen LogP contribution in [-0.4, -0.2) is 9.97 Å². The van der Waals surface area contributed by atoms with Gasteiger partial charge in [-0.3, -0.25) is 0 Å². The molecule has 0 unspecified atom stereocenters. The van der Waals surface area contributed by atoms with Gasteiger partial charge in [-0.1, -0.05) is 50.6 Å². The molecule has 1 heterocycles. The Morgan fingerprint density at radius 1 is 1.06 bits per heavy atom. The molecule has 0 saturated carbocycles. The number of halogens is 1. The maximum atomic E-state index is 5.94. The first kappa shape index (κ1) is 12.8. The third-order valence-electron chi connectivity index (χ3n) is 2.52. The standard InChI is InChI=1S/C14H15ClN2O/c1-14(2,3)10-6-4-5-7-11(10)18-13-12(15)16-8-9-17-13/h4-9H,1-3H3. The van der Waals surface area contributed by atoms with Gasteiger partial charge >= 0.3 is 0 Å². The summed E-state index contributed by atoms with van der Waals surface area (Å²) in [6.07, 6.45) is 3.09. The summed E-state index contributed by atoms with van der Waals surface area (Å²) in [4.78, 5) is 8.03. The van der Waals surface area contributed by atoms with E-state index in [2.05, 4.69) is 30.7 Å². The van der Waals surface area contributed by atoms with E-state index in [4.69, 9.17) is 16.3 Å². The molecule has 0 bridgehead atoms. The van der Waals surface area contributed by atoms with Crippen molar-refractivity contribution in [1.82, 2.24) is 9.97 Å². The molecule has 0 saturated heterocycles. The first-order valence-electron chi connectivity index (χ1n) is 5.72. The van der Waals surface area contributed by atoms with E-state index in [9.17, 15) is 0 Å². The lowest BCUT2D eigenvalue weighted by Crippen LogP contribution is -2.12. The summed E-state index contributed by atoms with van der Waals surface area (Å²) >= 11 is 5.94. The SMILES string of the molecule is CC(C)(C)c1ccccc1Oc1nccnc1Cl. The number of ether oxygens (including phenoxy) is 1. The molecule has 2 aromatic rings. The van der Waals surface area contributed by atoms with E-state index >= 15 is 0 Å². The fourth-order valence-corrected chi connectivity index (χ4v) is 1.80. The van der Waals surface area contributed by atoms with Gasteiger partial charge < -0.3 is 4.74 Å². The summed E-state index contributed by atoms with van der Waals surface area (Å²) in [6, 6.07) is 7.87. The third-order valence-corrected chi connectivity index (χ3v) is 2.78. The number of para-hydroxylation sites is 1. The van der Waals surface area contributed by atoms with Gasteiger partial charge in [-0.25, -0.2) is 9.97 Å². The molecule has 3 nitrogen and oxygen atoms in total. The average Bonchev–Trinajstić information content (AvgIpc) is 2.31. The molecule has 1 aromatic carbocycles. The summed E-state index contributed by atoms with van der Waals surface area (Å²) in [5, 5.41) is 0.265. The van der Waals surface area contributed by atoms with Crippen molar-refractivity contribution < 1.29 is 4.74 Å². The van der Waals surface area contributed by atoms with E-state index in [0.717, 1.165) is 11.3 Å². The molecule has 0 aliphatic carbocycles. The highest BCUT2D eigenvalue weighted by Crippen LogP contribution is 2.34. The van der Waals surface area contributed by atoms with E-state index in [0.29, 0.717) is 5.88 Å². The van der Waals surface area contributed by atoms with Crippen molar-refractivity contribution in [1.29, 1.82) is 0 Å². The van der Waals surface area contributed by atoms with Crippen LogP contribution in [0.4, 0.5) is 0 Å². The normalized spacial score (nSPS) is 11.3. The van der Waals surface area contributed by atoms with E-state index in [-0.39, 0.29) is 10.6 Å². The van der Waals surface area contributed by atoms with E-state index in [1.54, 1.807) is 6.20 Å². The Kier molecular flexibility index (Phi) is 3.53. The first-order chi connectivity index (χ1) is 8.48. The van der Waals surface area contributed by atoms with Crippen LogP contribution in [0.1, 0.15) is 26.3 Å². The highest BCUT2D eigenvalue weighted by molar-refractivity contribution is 6.30. The predicted octanol–water partition coefficient (Wildman–Crippen LogP) is 4.22. The van der Waals surface area contributed by atoms with Crippen LogP contribution in [0.3, 0.4) is 0 Å². The van der Waals surface area contributed by atoms with Crippen molar-refractivity contribution in [2.45, 2.75) is 26.2 Å². The minimum atomic E-state index is -0.00865. The van der Waals surface area contributed by atoms with Crippen molar-refractivity contribution in [2.24, 2.45) is 0 Å². The summed E-state index contributed by atoms with van der Waals surface area (Å²) < 4.78 is 5.76. The van der Waals surface area contributed by atoms with Crippen molar-refractivity contribution in [3.63, 3.8) is 0 Å². The number of nitrogens with zero attached hydrogens (tertiary/aromatic N) is 2. The lowest BCUT2D eigenvalue weighted by atomic mass is 9.86. The van der Waals surface area contributed by atoms with Crippen LogP contribution in [0.25, 0.3) is 0 Å². The zero-order valence-electron chi connectivity index (χ0n) is 10.6. The highest BCUT2D eigenvalue weighted by atomic mass is 35.5. The molecule has 94 valence electrons. The number of benzene rings is 1. The second-order valence-electron chi connectivity index (χ2n) is 5.00. The van der Waals surface area contributed by atoms with Crippen LogP contribution in [0.2, 0.25) is 5.15 Å². The van der Waals surface area contributed by atoms with Gasteiger partial charge in [0.25, 0.3) is 5.88 Å². The minimum absolute atomic E-state index is 0.00865. The molecule has 2 rings (SSSR count). The molecule has 0 aliphatic rings. The molecular weight excluding hydrogens is 248 g/mol. The van der Waals surface area contributed by atoms with E-state index < -0.39 is 0 Å². The number of hydrogen-bond acceptors (Lipinski definition) is 3. The highest BCUT2D eigenvalue weighted by Gasteiger charge is 2.19. The zero-order valence-corrected chi connectivity index (χ0v) is 11.4. The summed E-state index contributed by atoms with van der Waals surface area (Å²) in [5.41, 5.74) is 1.09. The van der Waals surface area contributed by atoms with Crippen LogP contribution in [-0.2, 0) is 5.41 Å². The van der Waals surface area contributed by atoms with Crippen LogP contribution in [0.15, 0.2) is 36.7 Å². The lowest BCUT2D eigenvalue weighted by molar-refractivity contribution is 0.438. The molecule has 0 aliphatic heterocycles. The first-order valence-corrected chi connectivity index (χ1v) is 6.10. The summed E-state index contributed by atoms with van der Waals surface area (Å²) in [7, 11) is 0. The lowest BCUT2D eigenvalue weighted by Gasteiger charge is -2.22. The van der Waals surface area contributed by atoms with Crippen molar-refractivity contribution in [3.8, 4) is 11.6 Å². The molecule has 18 heavy (non-hydrogen) atoms. The Labute approximate surface area is 112 Å². The Morgan fingerprint density at radius 2 is 1.72 bits per heavy atom. The topological polar surface area (TPSA) is 35.0 Å². The van der Waals surface area contributed by atoms with Crippen LogP contribution in [0, 0.1) is 0 Å². The average molecular weight is 263 g/mol. The van der Waals surface area contributed by atoms with Crippen molar-refractivity contribution >= 4 is 11.6 Å². The Balaban J connectivity index is 2.39. The monoisotopic (exact) mass is 262 g/mol. The second-order valence-corrected chi connectivity index (χ2v) is 5.36. The van der Waals surface area contributed by atoms with Crippen LogP contribution >= 0.6 is 11.6 Å². The number of hydrogen-bond donors (Lipinski definition) is 0. The van der Waals surface area contributed by atoms with E-state index in [1.807, 2.05) is 24.3 Å². The third kappa shape index (κ3) is 2.79. The van der Waals surface area contributed by atoms with Gasteiger partial charge in [0.2, 0.25) is 0 Å². The van der Waals surface area contributed by atoms with E-state index in [1.165, 1.54) is 6.20 Å².